The van der Waals surface area contributed by atoms with Crippen LogP contribution in [0.1, 0.15) is 194 Å². The van der Waals surface area contributed by atoms with E-state index in [9.17, 15) is 9.59 Å². The lowest BCUT2D eigenvalue weighted by atomic mass is 10.0. The SMILES string of the molecule is CCCCCCCCCCCCCCCCOc1ccc(N2CCN(c3ccc(OCCCCCCCCCCCCCCCC)ccc3=O)CC2)c(=O)cc1. The third kappa shape index (κ3) is 21.5. The monoisotopic (exact) mass is 775 g/mol. The molecule has 1 aliphatic heterocycles. The Morgan fingerprint density at radius 2 is 0.607 bits per heavy atom. The summed E-state index contributed by atoms with van der Waals surface area (Å²) in [5.74, 6) is 1.49. The number of nitrogens with zero attached hydrogens (tertiary/aromatic N) is 2. The Hall–Kier alpha value is -3.02. The van der Waals surface area contributed by atoms with Crippen LogP contribution >= 0.6 is 0 Å². The summed E-state index contributed by atoms with van der Waals surface area (Å²) in [7, 11) is 0. The Labute approximate surface area is 343 Å². The molecule has 0 unspecified atom stereocenters. The first kappa shape index (κ1) is 47.4. The quantitative estimate of drug-likeness (QED) is 0.0660. The third-order valence-corrected chi connectivity index (χ3v) is 11.6. The summed E-state index contributed by atoms with van der Waals surface area (Å²) in [6, 6.07) is 14.5. The van der Waals surface area contributed by atoms with Gasteiger partial charge in [-0.15, -0.1) is 0 Å². The number of ether oxygens (including phenoxy) is 2. The molecular formula is C50H82N2O4. The van der Waals surface area contributed by atoms with Gasteiger partial charge in [-0.25, -0.2) is 0 Å². The molecule has 56 heavy (non-hydrogen) atoms. The Balaban J connectivity index is 1.26. The van der Waals surface area contributed by atoms with Gasteiger partial charge in [-0.2, -0.15) is 0 Å². The minimum Gasteiger partial charge on any atom is -0.494 e. The van der Waals surface area contributed by atoms with Gasteiger partial charge in [0, 0.05) is 26.2 Å². The fourth-order valence-corrected chi connectivity index (χ4v) is 7.96. The molecule has 0 bridgehead atoms. The lowest BCUT2D eigenvalue weighted by Crippen LogP contribution is -2.48. The molecule has 0 saturated carbocycles. The van der Waals surface area contributed by atoms with Crippen LogP contribution in [0, 0.1) is 0 Å². The molecule has 0 amide bonds. The summed E-state index contributed by atoms with van der Waals surface area (Å²) < 4.78 is 12.1. The molecule has 316 valence electrons. The molecular weight excluding hydrogens is 693 g/mol. The Kier molecular flexibility index (Phi) is 27.1. The van der Waals surface area contributed by atoms with E-state index in [1.54, 1.807) is 24.3 Å². The molecule has 0 aliphatic carbocycles. The summed E-state index contributed by atoms with van der Waals surface area (Å²) >= 11 is 0. The molecule has 2 aromatic rings. The van der Waals surface area contributed by atoms with E-state index in [2.05, 4.69) is 23.6 Å². The molecule has 1 fully saturated rings. The van der Waals surface area contributed by atoms with Crippen molar-refractivity contribution < 1.29 is 9.47 Å². The largest absolute Gasteiger partial charge is 0.494 e. The molecule has 0 atom stereocenters. The lowest BCUT2D eigenvalue weighted by molar-refractivity contribution is 0.304. The van der Waals surface area contributed by atoms with Gasteiger partial charge >= 0.3 is 0 Å². The normalized spacial score (nSPS) is 13.0. The van der Waals surface area contributed by atoms with Crippen LogP contribution in [0.5, 0.6) is 11.5 Å². The van der Waals surface area contributed by atoms with Crippen LogP contribution in [0.4, 0.5) is 11.4 Å². The van der Waals surface area contributed by atoms with E-state index >= 15 is 0 Å². The highest BCUT2D eigenvalue weighted by Crippen LogP contribution is 2.20. The van der Waals surface area contributed by atoms with E-state index in [0.29, 0.717) is 50.8 Å². The van der Waals surface area contributed by atoms with E-state index in [1.807, 2.05) is 24.3 Å². The highest BCUT2D eigenvalue weighted by atomic mass is 16.5. The lowest BCUT2D eigenvalue weighted by Gasteiger charge is -2.36. The molecule has 1 heterocycles. The van der Waals surface area contributed by atoms with Crippen molar-refractivity contribution in [2.45, 2.75) is 194 Å². The van der Waals surface area contributed by atoms with Crippen molar-refractivity contribution in [3.05, 3.63) is 69.0 Å². The van der Waals surface area contributed by atoms with E-state index in [4.69, 9.17) is 9.47 Å². The zero-order chi connectivity index (χ0) is 39.7. The van der Waals surface area contributed by atoms with E-state index in [0.717, 1.165) is 24.3 Å². The van der Waals surface area contributed by atoms with Crippen molar-refractivity contribution in [3.8, 4) is 11.5 Å². The van der Waals surface area contributed by atoms with Crippen LogP contribution in [0.25, 0.3) is 0 Å². The standard InChI is InChI=1S/C50H82N2O4/c1-3-5-7-9-11-13-15-17-19-21-23-25-27-29-43-55-45-31-35-47(49(53)37-33-45)51-39-41-52(42-40-51)48-36-32-46(34-38-50(48)54)56-44-30-28-26-24-22-20-18-16-14-12-10-8-6-4-2/h31-38H,3-30,39-44H2,1-2H3. The molecule has 0 aromatic heterocycles. The number of anilines is 2. The highest BCUT2D eigenvalue weighted by Gasteiger charge is 2.20. The van der Waals surface area contributed by atoms with E-state index in [-0.39, 0.29) is 10.9 Å². The molecule has 0 N–H and O–H groups in total. The van der Waals surface area contributed by atoms with Crippen LogP contribution in [0.3, 0.4) is 0 Å². The van der Waals surface area contributed by atoms with Crippen LogP contribution < -0.4 is 30.1 Å². The molecule has 0 spiro atoms. The second kappa shape index (κ2) is 32.0. The minimum absolute atomic E-state index is 0.000936. The van der Waals surface area contributed by atoms with Gasteiger partial charge in [0.2, 0.25) is 10.9 Å². The molecule has 2 aromatic carbocycles. The van der Waals surface area contributed by atoms with Crippen LogP contribution in [0.2, 0.25) is 0 Å². The van der Waals surface area contributed by atoms with Crippen molar-refractivity contribution in [2.24, 2.45) is 0 Å². The van der Waals surface area contributed by atoms with Gasteiger partial charge in [0.25, 0.3) is 0 Å². The predicted octanol–water partition coefficient (Wildman–Crippen LogP) is 13.5. The number of hydrogen-bond acceptors (Lipinski definition) is 6. The zero-order valence-electron chi connectivity index (χ0n) is 36.2. The van der Waals surface area contributed by atoms with Crippen LogP contribution in [-0.2, 0) is 0 Å². The number of unbranched alkanes of at least 4 members (excludes halogenated alkanes) is 26. The molecule has 1 saturated heterocycles. The number of hydrogen-bond donors (Lipinski definition) is 0. The third-order valence-electron chi connectivity index (χ3n) is 11.6. The molecule has 6 heteroatoms. The van der Waals surface area contributed by atoms with Crippen molar-refractivity contribution in [3.63, 3.8) is 0 Å². The van der Waals surface area contributed by atoms with Crippen molar-refractivity contribution >= 4 is 11.4 Å². The first-order valence-electron chi connectivity index (χ1n) is 23.7. The maximum atomic E-state index is 13.0. The average Bonchev–Trinajstić information content (AvgIpc) is 3.52. The number of rotatable bonds is 34. The molecule has 0 radical (unpaired) electrons. The summed E-state index contributed by atoms with van der Waals surface area (Å²) in [4.78, 5) is 30.4. The van der Waals surface area contributed by atoms with Gasteiger partial charge in [0.1, 0.15) is 11.5 Å². The fraction of sp³-hybridized carbons (Fsp3) is 0.720. The molecule has 1 aliphatic rings. The van der Waals surface area contributed by atoms with Gasteiger partial charge in [0.05, 0.1) is 24.6 Å². The van der Waals surface area contributed by atoms with Crippen molar-refractivity contribution in [1.29, 1.82) is 0 Å². The maximum Gasteiger partial charge on any atom is 0.201 e. The van der Waals surface area contributed by atoms with E-state index in [1.165, 1.54) is 167 Å². The first-order valence-corrected chi connectivity index (χ1v) is 23.7. The topological polar surface area (TPSA) is 59.1 Å². The van der Waals surface area contributed by atoms with Gasteiger partial charge in [-0.1, -0.05) is 181 Å². The summed E-state index contributed by atoms with van der Waals surface area (Å²) in [6.45, 7) is 8.63. The summed E-state index contributed by atoms with van der Waals surface area (Å²) in [5, 5.41) is 0. The fourth-order valence-electron chi connectivity index (χ4n) is 7.96. The first-order chi connectivity index (χ1) is 27.6. The van der Waals surface area contributed by atoms with Crippen molar-refractivity contribution in [1.82, 2.24) is 0 Å². The number of piperazine rings is 1. The predicted molar refractivity (Wildman–Crippen MR) is 241 cm³/mol. The Bertz CT molecular complexity index is 1270. The zero-order valence-corrected chi connectivity index (χ0v) is 36.2. The Morgan fingerprint density at radius 3 is 0.893 bits per heavy atom. The van der Waals surface area contributed by atoms with Gasteiger partial charge in [-0.05, 0) is 61.4 Å². The molecule has 3 rings (SSSR count). The average molecular weight is 775 g/mol. The highest BCUT2D eigenvalue weighted by molar-refractivity contribution is 5.52. The Morgan fingerprint density at radius 1 is 0.357 bits per heavy atom. The van der Waals surface area contributed by atoms with Crippen molar-refractivity contribution in [2.75, 3.05) is 49.2 Å². The van der Waals surface area contributed by atoms with E-state index < -0.39 is 0 Å². The maximum absolute atomic E-state index is 13.0. The minimum atomic E-state index is 0.000936. The summed E-state index contributed by atoms with van der Waals surface area (Å²) in [6.07, 6.45) is 37.5. The smallest absolute Gasteiger partial charge is 0.201 e. The molecule has 6 nitrogen and oxygen atoms in total. The van der Waals surface area contributed by atoms with Crippen LogP contribution in [0.15, 0.2) is 58.1 Å². The second-order valence-corrected chi connectivity index (χ2v) is 16.5. The van der Waals surface area contributed by atoms with Crippen LogP contribution in [-0.4, -0.2) is 39.4 Å². The van der Waals surface area contributed by atoms with Gasteiger partial charge in [0.15, 0.2) is 0 Å². The summed E-state index contributed by atoms with van der Waals surface area (Å²) in [5.41, 5.74) is 1.38. The van der Waals surface area contributed by atoms with Gasteiger partial charge < -0.3 is 19.3 Å². The van der Waals surface area contributed by atoms with Gasteiger partial charge in [-0.3, -0.25) is 9.59 Å². The second-order valence-electron chi connectivity index (χ2n) is 16.5.